The average Bonchev–Trinajstić information content (AvgIpc) is 3.76. The minimum atomic E-state index is -3.33. The van der Waals surface area contributed by atoms with Gasteiger partial charge < -0.3 is 23.6 Å². The van der Waals surface area contributed by atoms with Gasteiger partial charge in [0, 0.05) is 48.5 Å². The predicted molar refractivity (Wildman–Crippen MR) is 197 cm³/mol. The van der Waals surface area contributed by atoms with Crippen molar-refractivity contribution >= 4 is 37.3 Å². The number of rotatable bonds is 9. The number of nitrogens with zero attached hydrogens (tertiary/aromatic N) is 5. The van der Waals surface area contributed by atoms with Gasteiger partial charge in [-0.3, -0.25) is 19.2 Å². The van der Waals surface area contributed by atoms with Gasteiger partial charge in [-0.15, -0.1) is 5.10 Å². The fraction of sp³-hybridized carbons (Fsp3) is 0.300. The second-order valence-electron chi connectivity index (χ2n) is 14.3. The molecule has 3 aliphatic heterocycles. The van der Waals surface area contributed by atoms with Crippen molar-refractivity contribution in [2.24, 2.45) is 5.92 Å². The number of fused-ring (bicyclic) bond motifs is 4. The molecular formula is C40H40FN5O5Si. The van der Waals surface area contributed by atoms with Crippen LogP contribution in [0.2, 0.25) is 18.6 Å². The number of halogens is 1. The molecule has 3 aliphatic rings. The monoisotopic (exact) mass is 717 g/mol. The van der Waals surface area contributed by atoms with Crippen LogP contribution in [-0.2, 0) is 34.6 Å². The third kappa shape index (κ3) is 5.62. The van der Waals surface area contributed by atoms with Crippen molar-refractivity contribution in [3.05, 3.63) is 126 Å². The number of hydrogen-bond acceptors (Lipinski definition) is 7. The number of anilines is 3. The van der Waals surface area contributed by atoms with Gasteiger partial charge in [-0.25, -0.2) is 0 Å². The smallest absolute Gasteiger partial charge is 0.266 e. The maximum Gasteiger partial charge on any atom is 0.266 e. The van der Waals surface area contributed by atoms with Crippen molar-refractivity contribution in [2.75, 3.05) is 16.4 Å². The number of aliphatic hydroxyl groups is 1. The number of amides is 2. The molecule has 0 bridgehead atoms. The number of para-hydroxylation sites is 4. The molecule has 266 valence electrons. The van der Waals surface area contributed by atoms with E-state index in [-0.39, 0.29) is 25.0 Å². The minimum absolute atomic E-state index is 0.0204. The van der Waals surface area contributed by atoms with Crippen LogP contribution in [0.4, 0.5) is 21.2 Å². The topological polar surface area (TPSA) is 110 Å². The highest BCUT2D eigenvalue weighted by molar-refractivity contribution is 6.72. The Labute approximate surface area is 302 Å². The summed E-state index contributed by atoms with van der Waals surface area (Å²) in [5.41, 5.74) is 3.03. The fourth-order valence-electron chi connectivity index (χ4n) is 8.36. The van der Waals surface area contributed by atoms with E-state index in [1.807, 2.05) is 91.9 Å². The van der Waals surface area contributed by atoms with Gasteiger partial charge in [0.2, 0.25) is 8.41 Å². The van der Waals surface area contributed by atoms with E-state index in [2.05, 4.69) is 10.3 Å². The lowest BCUT2D eigenvalue weighted by molar-refractivity contribution is -0.146. The average molecular weight is 718 g/mol. The Morgan fingerprint density at radius 1 is 0.904 bits per heavy atom. The minimum Gasteiger partial charge on any atom is -0.454 e. The molecular weight excluding hydrogens is 678 g/mol. The van der Waals surface area contributed by atoms with Gasteiger partial charge >= 0.3 is 0 Å². The highest BCUT2D eigenvalue weighted by atomic mass is 28.4. The summed E-state index contributed by atoms with van der Waals surface area (Å²) in [5, 5.41) is 17.6. The molecule has 4 heterocycles. The van der Waals surface area contributed by atoms with Gasteiger partial charge in [-0.2, -0.15) is 0 Å². The van der Waals surface area contributed by atoms with Crippen LogP contribution < -0.4 is 14.5 Å². The summed E-state index contributed by atoms with van der Waals surface area (Å²) >= 11 is 0. The number of ether oxygens (including phenoxy) is 2. The maximum atomic E-state index is 16.3. The van der Waals surface area contributed by atoms with Crippen LogP contribution in [0, 0.1) is 5.92 Å². The molecule has 1 N–H and O–H groups in total. The molecule has 0 unspecified atom stereocenters. The summed E-state index contributed by atoms with van der Waals surface area (Å²) in [4.78, 5) is 32.1. The third-order valence-corrected chi connectivity index (χ3v) is 13.1. The molecule has 1 aromatic heterocycles. The first kappa shape index (κ1) is 33.9. The van der Waals surface area contributed by atoms with Gasteiger partial charge in [-0.05, 0) is 67.5 Å². The Balaban J connectivity index is 1.08. The first-order valence-corrected chi connectivity index (χ1v) is 20.6. The van der Waals surface area contributed by atoms with Crippen LogP contribution in [0.25, 0.3) is 0 Å². The molecule has 0 saturated carbocycles. The molecule has 12 heteroatoms. The van der Waals surface area contributed by atoms with Crippen molar-refractivity contribution in [1.82, 2.24) is 15.0 Å². The lowest BCUT2D eigenvalue weighted by Gasteiger charge is -2.31. The van der Waals surface area contributed by atoms with Crippen LogP contribution in [-0.4, -0.2) is 53.0 Å². The second-order valence-corrected chi connectivity index (χ2v) is 18.1. The SMILES string of the molecule is C[C@@H]1[C@@H]([Si](C)(C)F)[C@H](CCn2cc(CCO)nn2)O[C@@]12C(=O)N(Cc1ccc(N3C(=O)c4ccccc4Oc4ccccc43)cc1)c1ccccc12. The summed E-state index contributed by atoms with van der Waals surface area (Å²) in [6.45, 7) is 6.04. The maximum absolute atomic E-state index is 16.3. The van der Waals surface area contributed by atoms with E-state index in [0.717, 1.165) is 16.8 Å². The van der Waals surface area contributed by atoms with Crippen LogP contribution in [0.5, 0.6) is 11.5 Å². The van der Waals surface area contributed by atoms with Crippen molar-refractivity contribution in [3.63, 3.8) is 0 Å². The molecule has 10 nitrogen and oxygen atoms in total. The lowest BCUT2D eigenvalue weighted by Crippen LogP contribution is -2.45. The number of benzene rings is 4. The van der Waals surface area contributed by atoms with Crippen LogP contribution in [0.3, 0.4) is 0 Å². The zero-order chi connectivity index (χ0) is 36.2. The Morgan fingerprint density at radius 2 is 1.60 bits per heavy atom. The Kier molecular flexibility index (Phi) is 8.55. The van der Waals surface area contributed by atoms with Crippen LogP contribution >= 0.6 is 0 Å². The Bertz CT molecular complexity index is 2150. The molecule has 1 saturated heterocycles. The first-order chi connectivity index (χ1) is 25.1. The van der Waals surface area contributed by atoms with Crippen molar-refractivity contribution in [3.8, 4) is 11.5 Å². The summed E-state index contributed by atoms with van der Waals surface area (Å²) in [5.74, 6) is 0.252. The highest BCUT2D eigenvalue weighted by Crippen LogP contribution is 2.60. The van der Waals surface area contributed by atoms with Crippen molar-refractivity contribution in [1.29, 1.82) is 0 Å². The Morgan fingerprint density at radius 3 is 2.35 bits per heavy atom. The molecule has 8 rings (SSSR count). The molecule has 1 fully saturated rings. The molecule has 4 atom stereocenters. The molecule has 0 aliphatic carbocycles. The quantitative estimate of drug-likeness (QED) is 0.126. The number of aromatic nitrogens is 3. The molecule has 52 heavy (non-hydrogen) atoms. The van der Waals surface area contributed by atoms with Gasteiger partial charge in [0.15, 0.2) is 11.4 Å². The molecule has 4 aromatic carbocycles. The van der Waals surface area contributed by atoms with E-state index in [1.165, 1.54) is 0 Å². The lowest BCUT2D eigenvalue weighted by atomic mass is 9.82. The summed E-state index contributed by atoms with van der Waals surface area (Å²) in [7, 11) is -3.33. The summed E-state index contributed by atoms with van der Waals surface area (Å²) < 4.78 is 31.0. The normalized spacial score (nSPS) is 22.3. The Hall–Kier alpha value is -5.17. The van der Waals surface area contributed by atoms with Crippen molar-refractivity contribution in [2.45, 2.75) is 63.2 Å². The van der Waals surface area contributed by atoms with Gasteiger partial charge in [0.05, 0.1) is 35.3 Å². The van der Waals surface area contributed by atoms with Gasteiger partial charge in [0.1, 0.15) is 5.75 Å². The van der Waals surface area contributed by atoms with E-state index in [9.17, 15) is 14.7 Å². The number of carbonyl (C=O) groups excluding carboxylic acids is 2. The number of aryl methyl sites for hydroxylation is 1. The van der Waals surface area contributed by atoms with Crippen LogP contribution in [0.15, 0.2) is 103 Å². The number of hydrogen-bond donors (Lipinski definition) is 1. The standard InChI is InChI=1S/C40H40FN5O5Si/c1-26-37(52(2,3)41)36(20-22-44-25-28(21-23-47)42-43-44)51-40(26)31-11-5-6-12-32(31)45(39(40)49)24-27-16-18-29(19-17-27)46-33-13-7-9-15-35(33)50-34-14-8-4-10-30(34)38(46)48/h4-19,25-26,36-37,47H,20-24H2,1-3H3/t26-,36+,37-,40+/m1/s1. The first-order valence-electron chi connectivity index (χ1n) is 17.7. The fourth-order valence-corrected chi connectivity index (χ4v) is 10.9. The number of carbonyl (C=O) groups is 2. The predicted octanol–water partition coefficient (Wildman–Crippen LogP) is 7.31. The van der Waals surface area contributed by atoms with E-state index in [4.69, 9.17) is 9.47 Å². The van der Waals surface area contributed by atoms with Crippen molar-refractivity contribution < 1.29 is 28.3 Å². The zero-order valence-corrected chi connectivity index (χ0v) is 30.3. The van der Waals surface area contributed by atoms with E-state index >= 15 is 4.11 Å². The molecule has 5 aromatic rings. The summed E-state index contributed by atoms with van der Waals surface area (Å²) in [6.07, 6.45) is 2.15. The largest absolute Gasteiger partial charge is 0.454 e. The van der Waals surface area contributed by atoms with Gasteiger partial charge in [-0.1, -0.05) is 66.7 Å². The number of aliphatic hydroxyl groups excluding tert-OH is 1. The zero-order valence-electron chi connectivity index (χ0n) is 29.3. The highest BCUT2D eigenvalue weighted by Gasteiger charge is 2.66. The third-order valence-electron chi connectivity index (χ3n) is 10.6. The van der Waals surface area contributed by atoms with E-state index in [0.29, 0.717) is 53.5 Å². The van der Waals surface area contributed by atoms with Gasteiger partial charge in [0.25, 0.3) is 11.8 Å². The molecule has 1 spiro atoms. The second kappa shape index (κ2) is 13.1. The van der Waals surface area contributed by atoms with Crippen LogP contribution in [0.1, 0.15) is 40.5 Å². The van der Waals surface area contributed by atoms with E-state index in [1.54, 1.807) is 45.9 Å². The molecule has 2 amide bonds. The molecule has 0 radical (unpaired) electrons. The van der Waals surface area contributed by atoms with E-state index < -0.39 is 31.6 Å². The summed E-state index contributed by atoms with van der Waals surface area (Å²) in [6, 6.07) is 29.9.